The van der Waals surface area contributed by atoms with Crippen LogP contribution < -0.4 is 0 Å². The first-order chi connectivity index (χ1) is 5.95. The summed E-state index contributed by atoms with van der Waals surface area (Å²) in [5.74, 6) is -0.343. The van der Waals surface area contributed by atoms with Gasteiger partial charge in [0.25, 0.3) is 0 Å². The molecule has 0 saturated heterocycles. The van der Waals surface area contributed by atoms with E-state index in [1.807, 2.05) is 13.5 Å². The largest absolute Gasteiger partial charge is 0.491 e. The van der Waals surface area contributed by atoms with E-state index in [0.29, 0.717) is 5.57 Å². The molecule has 0 rings (SSSR count). The number of hydrogen-bond donors (Lipinski definition) is 0. The highest BCUT2D eigenvalue weighted by molar-refractivity contribution is 6.67. The van der Waals surface area contributed by atoms with E-state index in [4.69, 9.17) is 8.85 Å². The fraction of sp³-hybridized carbons (Fsp3) is 0.667. The van der Waals surface area contributed by atoms with Gasteiger partial charge in [0.2, 0.25) is 0 Å². The van der Waals surface area contributed by atoms with Gasteiger partial charge in [-0.3, -0.25) is 0 Å². The molecule has 0 aliphatic rings. The molecule has 0 radical (unpaired) electrons. The Morgan fingerprint density at radius 3 is 2.38 bits per heavy atom. The minimum Gasteiger partial charge on any atom is -0.491 e. The summed E-state index contributed by atoms with van der Waals surface area (Å²) < 4.78 is 10.5. The smallest absolute Gasteiger partial charge is 0.398 e. The molecule has 0 aromatic rings. The molecular weight excluding hydrogens is 184 g/mol. The summed E-state index contributed by atoms with van der Waals surface area (Å²) in [5, 5.41) is 0. The molecule has 4 heteroatoms. The Morgan fingerprint density at radius 2 is 2.08 bits per heavy atom. The van der Waals surface area contributed by atoms with Crippen molar-refractivity contribution < 1.29 is 13.6 Å². The third-order valence-corrected chi connectivity index (χ3v) is 4.68. The Hall–Kier alpha value is -0.613. The summed E-state index contributed by atoms with van der Waals surface area (Å²) in [5.41, 5.74) is 0.423. The maximum Gasteiger partial charge on any atom is 0.398 e. The van der Waals surface area contributed by atoms with Crippen LogP contribution in [0.3, 0.4) is 0 Å². The number of carbonyl (C=O) groups excluding carboxylic acids is 1. The van der Waals surface area contributed by atoms with Crippen LogP contribution >= 0.6 is 0 Å². The van der Waals surface area contributed by atoms with Gasteiger partial charge in [-0.25, -0.2) is 4.79 Å². The third-order valence-electron chi connectivity index (χ3n) is 1.79. The van der Waals surface area contributed by atoms with E-state index < -0.39 is 8.56 Å². The summed E-state index contributed by atoms with van der Waals surface area (Å²) in [6, 6.07) is 0.822. The molecule has 0 N–H and O–H groups in total. The van der Waals surface area contributed by atoms with Gasteiger partial charge in [-0.05, 0) is 13.5 Å². The van der Waals surface area contributed by atoms with Crippen molar-refractivity contribution in [1.82, 2.24) is 0 Å². The zero-order valence-electron chi connectivity index (χ0n) is 8.85. The monoisotopic (exact) mass is 202 g/mol. The maximum absolute atomic E-state index is 11.2. The maximum atomic E-state index is 11.2. The Morgan fingerprint density at radius 1 is 1.54 bits per heavy atom. The lowest BCUT2D eigenvalue weighted by atomic mass is 10.4. The second-order valence-corrected chi connectivity index (χ2v) is 6.64. The van der Waals surface area contributed by atoms with E-state index in [1.165, 1.54) is 0 Å². The van der Waals surface area contributed by atoms with Gasteiger partial charge < -0.3 is 8.85 Å². The van der Waals surface area contributed by atoms with Crippen LogP contribution in [-0.2, 0) is 13.6 Å². The number of rotatable bonds is 5. The van der Waals surface area contributed by atoms with Crippen LogP contribution in [0.2, 0.25) is 12.6 Å². The lowest BCUT2D eigenvalue weighted by Crippen LogP contribution is -2.39. The lowest BCUT2D eigenvalue weighted by Gasteiger charge is -2.24. The average molecular weight is 202 g/mol. The average Bonchev–Trinajstić information content (AvgIpc) is 2.04. The fourth-order valence-corrected chi connectivity index (χ4v) is 2.80. The first kappa shape index (κ1) is 12.4. The molecule has 0 aliphatic carbocycles. The van der Waals surface area contributed by atoms with Crippen molar-refractivity contribution in [3.63, 3.8) is 0 Å². The van der Waals surface area contributed by atoms with Crippen molar-refractivity contribution in [2.45, 2.75) is 32.9 Å². The molecule has 0 spiro atoms. The van der Waals surface area contributed by atoms with Crippen molar-refractivity contribution in [2.24, 2.45) is 0 Å². The molecule has 0 heterocycles. The van der Waals surface area contributed by atoms with Crippen molar-refractivity contribution >= 4 is 14.5 Å². The van der Waals surface area contributed by atoms with E-state index in [2.05, 4.69) is 6.58 Å². The van der Waals surface area contributed by atoms with Crippen LogP contribution in [0.15, 0.2) is 12.2 Å². The van der Waals surface area contributed by atoms with Crippen molar-refractivity contribution in [2.75, 3.05) is 7.11 Å². The molecule has 0 bridgehead atoms. The minimum absolute atomic E-state index is 0.343. The molecule has 1 atom stereocenters. The predicted molar refractivity (Wildman–Crippen MR) is 54.6 cm³/mol. The summed E-state index contributed by atoms with van der Waals surface area (Å²) in [6.45, 7) is 9.09. The van der Waals surface area contributed by atoms with E-state index >= 15 is 0 Å². The Kier molecular flexibility index (Phi) is 4.94. The zero-order valence-corrected chi connectivity index (χ0v) is 9.85. The van der Waals surface area contributed by atoms with Crippen LogP contribution in [0, 0.1) is 0 Å². The molecule has 0 amide bonds. The third kappa shape index (κ3) is 4.24. The normalized spacial score (nSPS) is 14.8. The van der Waals surface area contributed by atoms with Gasteiger partial charge in [-0.15, -0.1) is 0 Å². The summed E-state index contributed by atoms with van der Waals surface area (Å²) in [4.78, 5) is 11.2. The van der Waals surface area contributed by atoms with Gasteiger partial charge in [0.05, 0.1) is 0 Å². The molecule has 76 valence electrons. The van der Waals surface area contributed by atoms with Crippen LogP contribution in [0.5, 0.6) is 0 Å². The fourth-order valence-electron chi connectivity index (χ4n) is 0.932. The van der Waals surface area contributed by atoms with Gasteiger partial charge in [0.1, 0.15) is 0 Å². The molecular formula is C9H18O3Si. The summed E-state index contributed by atoms with van der Waals surface area (Å²) >= 11 is 0. The molecule has 0 aliphatic heterocycles. The van der Waals surface area contributed by atoms with Crippen LogP contribution in [0.25, 0.3) is 0 Å². The highest BCUT2D eigenvalue weighted by atomic mass is 28.4. The topological polar surface area (TPSA) is 35.5 Å². The van der Waals surface area contributed by atoms with Crippen LogP contribution in [-0.4, -0.2) is 21.6 Å². The SMILES string of the molecule is C=C(C)C(=O)O[Si](C)(CCC)OC. The highest BCUT2D eigenvalue weighted by Crippen LogP contribution is 2.15. The van der Waals surface area contributed by atoms with Crippen LogP contribution in [0.4, 0.5) is 0 Å². The van der Waals surface area contributed by atoms with Crippen LogP contribution in [0.1, 0.15) is 20.3 Å². The minimum atomic E-state index is -2.26. The van der Waals surface area contributed by atoms with Crippen molar-refractivity contribution in [1.29, 1.82) is 0 Å². The molecule has 0 aromatic carbocycles. The quantitative estimate of drug-likeness (QED) is 0.506. The first-order valence-corrected chi connectivity index (χ1v) is 6.91. The second-order valence-electron chi connectivity index (χ2n) is 3.26. The Labute approximate surface area is 81.0 Å². The van der Waals surface area contributed by atoms with E-state index in [9.17, 15) is 4.79 Å². The Balaban J connectivity index is 4.26. The molecule has 1 unspecified atom stereocenters. The molecule has 3 nitrogen and oxygen atoms in total. The first-order valence-electron chi connectivity index (χ1n) is 4.39. The lowest BCUT2D eigenvalue weighted by molar-refractivity contribution is -0.132. The zero-order chi connectivity index (χ0) is 10.5. The molecule has 0 aromatic heterocycles. The van der Waals surface area contributed by atoms with Gasteiger partial charge in [0, 0.05) is 18.7 Å². The standard InChI is InChI=1S/C9H18O3Si/c1-6-7-13(5,11-4)12-9(10)8(2)3/h2,6-7H2,1,3-5H3. The Bertz CT molecular complexity index is 203. The second kappa shape index (κ2) is 5.19. The van der Waals surface area contributed by atoms with Gasteiger partial charge >= 0.3 is 14.5 Å². The van der Waals surface area contributed by atoms with E-state index in [1.54, 1.807) is 14.0 Å². The van der Waals surface area contributed by atoms with Gasteiger partial charge in [-0.2, -0.15) is 0 Å². The summed E-state index contributed by atoms with van der Waals surface area (Å²) in [6.07, 6.45) is 0.958. The number of carbonyl (C=O) groups is 1. The molecule has 0 fully saturated rings. The van der Waals surface area contributed by atoms with Crippen molar-refractivity contribution in [3.05, 3.63) is 12.2 Å². The van der Waals surface area contributed by atoms with Crippen molar-refractivity contribution in [3.8, 4) is 0 Å². The molecule has 13 heavy (non-hydrogen) atoms. The van der Waals surface area contributed by atoms with E-state index in [0.717, 1.165) is 12.5 Å². The van der Waals surface area contributed by atoms with E-state index in [-0.39, 0.29) is 5.97 Å². The predicted octanol–water partition coefficient (Wildman–Crippen LogP) is 2.23. The van der Waals surface area contributed by atoms with Gasteiger partial charge in [0.15, 0.2) is 0 Å². The summed E-state index contributed by atoms with van der Waals surface area (Å²) in [7, 11) is -0.669. The molecule has 0 saturated carbocycles. The highest BCUT2D eigenvalue weighted by Gasteiger charge is 2.33. The number of hydrogen-bond acceptors (Lipinski definition) is 3. The van der Waals surface area contributed by atoms with Gasteiger partial charge in [-0.1, -0.05) is 19.9 Å².